The summed E-state index contributed by atoms with van der Waals surface area (Å²) in [6.07, 6.45) is 17.4. The number of hydrogen-bond donors (Lipinski definition) is 0. The van der Waals surface area contributed by atoms with Gasteiger partial charge in [0.2, 0.25) is 0 Å². The first-order valence-corrected chi connectivity index (χ1v) is 7.93. The Labute approximate surface area is 126 Å². The van der Waals surface area contributed by atoms with E-state index in [1.807, 2.05) is 25.2 Å². The van der Waals surface area contributed by atoms with Gasteiger partial charge in [0, 0.05) is 0 Å². The van der Waals surface area contributed by atoms with E-state index < -0.39 is 0 Å². The molecular formula is C19H32O. The fraction of sp³-hybridized carbons (Fsp3) is 0.579. The van der Waals surface area contributed by atoms with E-state index in [-0.39, 0.29) is 0 Å². The molecule has 20 heavy (non-hydrogen) atoms. The smallest absolute Gasteiger partial charge is 0.112 e. The summed E-state index contributed by atoms with van der Waals surface area (Å²) < 4.78 is 5.53. The molecule has 0 bridgehead atoms. The molecule has 0 aliphatic rings. The number of unbranched alkanes of at least 4 members (excludes halogenated alkanes) is 8. The lowest BCUT2D eigenvalue weighted by atomic mass is 10.1. The van der Waals surface area contributed by atoms with E-state index in [0.717, 1.165) is 24.4 Å². The van der Waals surface area contributed by atoms with Crippen LogP contribution >= 0.6 is 0 Å². The van der Waals surface area contributed by atoms with Crippen LogP contribution in [0.3, 0.4) is 0 Å². The molecule has 0 radical (unpaired) electrons. The van der Waals surface area contributed by atoms with Gasteiger partial charge in [0.1, 0.15) is 5.76 Å². The molecule has 0 unspecified atom stereocenters. The number of rotatable bonds is 14. The molecule has 0 rings (SSSR count). The van der Waals surface area contributed by atoms with Crippen molar-refractivity contribution in [3.63, 3.8) is 0 Å². The topological polar surface area (TPSA) is 9.23 Å². The SMILES string of the molecule is C=CCCCCCCCCCCOC(=C)/C=C\C(=C)C. The van der Waals surface area contributed by atoms with Gasteiger partial charge >= 0.3 is 0 Å². The monoisotopic (exact) mass is 276 g/mol. The highest BCUT2D eigenvalue weighted by Crippen LogP contribution is 2.10. The molecule has 0 aliphatic carbocycles. The van der Waals surface area contributed by atoms with Gasteiger partial charge < -0.3 is 4.74 Å². The van der Waals surface area contributed by atoms with Gasteiger partial charge in [0.05, 0.1) is 6.61 Å². The van der Waals surface area contributed by atoms with E-state index in [2.05, 4.69) is 19.7 Å². The van der Waals surface area contributed by atoms with E-state index in [4.69, 9.17) is 4.74 Å². The van der Waals surface area contributed by atoms with Crippen LogP contribution in [0.15, 0.2) is 49.3 Å². The number of ether oxygens (including phenoxy) is 1. The van der Waals surface area contributed by atoms with Crippen molar-refractivity contribution in [1.82, 2.24) is 0 Å². The molecule has 0 atom stereocenters. The van der Waals surface area contributed by atoms with Gasteiger partial charge in [-0.1, -0.05) is 69.4 Å². The molecule has 0 spiro atoms. The Morgan fingerprint density at radius 2 is 1.40 bits per heavy atom. The van der Waals surface area contributed by atoms with Crippen molar-refractivity contribution in [2.24, 2.45) is 0 Å². The molecule has 0 N–H and O–H groups in total. The summed E-state index contributed by atoms with van der Waals surface area (Å²) in [5.74, 6) is 0.732. The molecule has 0 fully saturated rings. The van der Waals surface area contributed by atoms with Crippen LogP contribution in [0.1, 0.15) is 64.7 Å². The molecule has 0 aromatic carbocycles. The van der Waals surface area contributed by atoms with Crippen LogP contribution in [-0.2, 0) is 4.74 Å². The lowest BCUT2D eigenvalue weighted by Gasteiger charge is -2.05. The van der Waals surface area contributed by atoms with Gasteiger partial charge in [-0.05, 0) is 32.3 Å². The average Bonchev–Trinajstić information content (AvgIpc) is 2.42. The van der Waals surface area contributed by atoms with Crippen LogP contribution in [0.5, 0.6) is 0 Å². The van der Waals surface area contributed by atoms with Gasteiger partial charge in [-0.15, -0.1) is 6.58 Å². The molecule has 0 saturated carbocycles. The highest BCUT2D eigenvalue weighted by Gasteiger charge is 1.93. The minimum atomic E-state index is 0.732. The third-order valence-electron chi connectivity index (χ3n) is 3.14. The summed E-state index contributed by atoms with van der Waals surface area (Å²) in [6, 6.07) is 0. The molecule has 1 nitrogen and oxygen atoms in total. The van der Waals surface area contributed by atoms with Crippen LogP contribution in [0.4, 0.5) is 0 Å². The maximum absolute atomic E-state index is 5.53. The van der Waals surface area contributed by atoms with Crippen molar-refractivity contribution < 1.29 is 4.74 Å². The predicted octanol–water partition coefficient (Wildman–Crippen LogP) is 6.35. The second kappa shape index (κ2) is 14.2. The first-order chi connectivity index (χ1) is 9.66. The van der Waals surface area contributed by atoms with Crippen molar-refractivity contribution in [1.29, 1.82) is 0 Å². The van der Waals surface area contributed by atoms with Crippen molar-refractivity contribution in [2.45, 2.75) is 64.7 Å². The fourth-order valence-electron chi connectivity index (χ4n) is 1.94. The molecule has 0 aromatic rings. The van der Waals surface area contributed by atoms with E-state index in [9.17, 15) is 0 Å². The second-order valence-corrected chi connectivity index (χ2v) is 5.40. The maximum atomic E-state index is 5.53. The van der Waals surface area contributed by atoms with E-state index in [1.54, 1.807) is 0 Å². The number of hydrogen-bond acceptors (Lipinski definition) is 1. The zero-order valence-corrected chi connectivity index (χ0v) is 13.3. The third-order valence-corrected chi connectivity index (χ3v) is 3.14. The van der Waals surface area contributed by atoms with Crippen LogP contribution in [-0.4, -0.2) is 6.61 Å². The Bertz CT molecular complexity index is 299. The Morgan fingerprint density at radius 1 is 0.850 bits per heavy atom. The second-order valence-electron chi connectivity index (χ2n) is 5.40. The number of allylic oxidation sites excluding steroid dienone is 4. The largest absolute Gasteiger partial charge is 0.494 e. The lowest BCUT2D eigenvalue weighted by molar-refractivity contribution is 0.218. The van der Waals surface area contributed by atoms with Crippen molar-refractivity contribution in [2.75, 3.05) is 6.61 Å². The highest BCUT2D eigenvalue weighted by molar-refractivity contribution is 5.19. The zero-order valence-electron chi connectivity index (χ0n) is 13.3. The normalized spacial score (nSPS) is 10.7. The lowest BCUT2D eigenvalue weighted by Crippen LogP contribution is -1.92. The first-order valence-electron chi connectivity index (χ1n) is 7.93. The van der Waals surface area contributed by atoms with Gasteiger partial charge in [-0.3, -0.25) is 0 Å². The molecule has 0 aliphatic heterocycles. The van der Waals surface area contributed by atoms with Gasteiger partial charge in [-0.25, -0.2) is 0 Å². The molecule has 0 aromatic heterocycles. The summed E-state index contributed by atoms with van der Waals surface area (Å²) in [7, 11) is 0. The molecule has 0 heterocycles. The van der Waals surface area contributed by atoms with E-state index >= 15 is 0 Å². The Balaban J connectivity index is 3.22. The van der Waals surface area contributed by atoms with E-state index in [1.165, 1.54) is 51.4 Å². The minimum Gasteiger partial charge on any atom is -0.494 e. The Morgan fingerprint density at radius 3 is 1.95 bits per heavy atom. The zero-order chi connectivity index (χ0) is 15.1. The quantitative estimate of drug-likeness (QED) is 0.155. The Kier molecular flexibility index (Phi) is 13.3. The van der Waals surface area contributed by atoms with Crippen LogP contribution < -0.4 is 0 Å². The van der Waals surface area contributed by atoms with Crippen molar-refractivity contribution in [3.8, 4) is 0 Å². The van der Waals surface area contributed by atoms with Crippen molar-refractivity contribution in [3.05, 3.63) is 49.3 Å². The first kappa shape index (κ1) is 18.8. The van der Waals surface area contributed by atoms with Gasteiger partial charge in [-0.2, -0.15) is 0 Å². The fourth-order valence-corrected chi connectivity index (χ4v) is 1.94. The highest BCUT2D eigenvalue weighted by atomic mass is 16.5. The standard InChI is InChI=1S/C19H32O/c1-5-6-7-8-9-10-11-12-13-14-17-20-19(4)16-15-18(2)3/h5,15-16H,1-2,4,6-14,17H2,3H3/b16-15-. The van der Waals surface area contributed by atoms with Gasteiger partial charge in [0.15, 0.2) is 0 Å². The van der Waals surface area contributed by atoms with Crippen LogP contribution in [0, 0.1) is 0 Å². The van der Waals surface area contributed by atoms with Gasteiger partial charge in [0.25, 0.3) is 0 Å². The predicted molar refractivity (Wildman–Crippen MR) is 90.8 cm³/mol. The molecular weight excluding hydrogens is 244 g/mol. The molecule has 114 valence electrons. The Hall–Kier alpha value is -1.24. The third kappa shape index (κ3) is 14.8. The maximum Gasteiger partial charge on any atom is 0.112 e. The molecule has 0 amide bonds. The molecule has 1 heteroatoms. The van der Waals surface area contributed by atoms with Crippen LogP contribution in [0.25, 0.3) is 0 Å². The minimum absolute atomic E-state index is 0.732. The summed E-state index contributed by atoms with van der Waals surface area (Å²) in [4.78, 5) is 0. The molecule has 0 saturated heterocycles. The average molecular weight is 276 g/mol. The van der Waals surface area contributed by atoms with Crippen LogP contribution in [0.2, 0.25) is 0 Å². The summed E-state index contributed by atoms with van der Waals surface area (Å²) in [6.45, 7) is 14.1. The summed E-state index contributed by atoms with van der Waals surface area (Å²) in [5.41, 5.74) is 1.02. The summed E-state index contributed by atoms with van der Waals surface area (Å²) >= 11 is 0. The summed E-state index contributed by atoms with van der Waals surface area (Å²) in [5, 5.41) is 0. The van der Waals surface area contributed by atoms with E-state index in [0.29, 0.717) is 0 Å². The van der Waals surface area contributed by atoms with Crippen molar-refractivity contribution >= 4 is 0 Å².